The summed E-state index contributed by atoms with van der Waals surface area (Å²) in [5, 5.41) is 8.81. The van der Waals surface area contributed by atoms with Gasteiger partial charge in [-0.2, -0.15) is 0 Å². The van der Waals surface area contributed by atoms with Crippen molar-refractivity contribution in [1.82, 2.24) is 0 Å². The van der Waals surface area contributed by atoms with Gasteiger partial charge in [0.25, 0.3) is 0 Å². The first kappa shape index (κ1) is 6.99. The molecule has 1 N–H and O–H groups in total. The van der Waals surface area contributed by atoms with E-state index in [1.54, 1.807) is 7.11 Å². The third-order valence-corrected chi connectivity index (χ3v) is 1.79. The van der Waals surface area contributed by atoms with Crippen molar-refractivity contribution in [1.29, 1.82) is 0 Å². The maximum Gasteiger partial charge on any atom is 0.116 e. The van der Waals surface area contributed by atoms with Crippen molar-refractivity contribution < 1.29 is 14.6 Å². The predicted molar refractivity (Wildman–Crippen MR) is 32.3 cm³/mol. The van der Waals surface area contributed by atoms with Crippen molar-refractivity contribution in [2.24, 2.45) is 0 Å². The van der Waals surface area contributed by atoms with Crippen LogP contribution in [0.1, 0.15) is 6.42 Å². The molecule has 0 bridgehead atoms. The molecule has 9 heavy (non-hydrogen) atoms. The van der Waals surface area contributed by atoms with Crippen molar-refractivity contribution in [3.8, 4) is 0 Å². The van der Waals surface area contributed by atoms with E-state index in [9.17, 15) is 0 Å². The highest BCUT2D eigenvalue weighted by Gasteiger charge is 2.33. The lowest BCUT2D eigenvalue weighted by atomic mass is 10.1. The Labute approximate surface area is 54.6 Å². The summed E-state index contributed by atoms with van der Waals surface area (Å²) in [6.07, 6.45) is 0.806. The Bertz CT molecular complexity index is 80.3. The van der Waals surface area contributed by atoms with Gasteiger partial charge in [0, 0.05) is 20.1 Å². The lowest BCUT2D eigenvalue weighted by Gasteiger charge is -2.21. The molecule has 0 aromatic heterocycles. The van der Waals surface area contributed by atoms with Crippen LogP contribution in [0.3, 0.4) is 0 Å². The Kier molecular flexibility index (Phi) is 2.05. The van der Waals surface area contributed by atoms with Gasteiger partial charge in [0.15, 0.2) is 0 Å². The van der Waals surface area contributed by atoms with E-state index in [-0.39, 0.29) is 12.2 Å². The zero-order valence-corrected chi connectivity index (χ0v) is 5.59. The molecule has 1 aliphatic heterocycles. The Balaban J connectivity index is 2.45. The minimum atomic E-state index is -0.389. The maximum absolute atomic E-state index is 8.81. The third-order valence-electron chi connectivity index (χ3n) is 1.79. The highest BCUT2D eigenvalue weighted by atomic mass is 16.6. The molecule has 0 aromatic rings. The molecular weight excluding hydrogens is 120 g/mol. The Hall–Kier alpha value is -0.120. The molecule has 1 saturated heterocycles. The predicted octanol–water partition coefficient (Wildman–Crippen LogP) is -0.216. The summed E-state index contributed by atoms with van der Waals surface area (Å²) in [7, 11) is 1.60. The molecular formula is C6H12O3. The molecule has 1 unspecified atom stereocenters. The van der Waals surface area contributed by atoms with E-state index in [0.29, 0.717) is 13.2 Å². The van der Waals surface area contributed by atoms with Crippen LogP contribution in [0.4, 0.5) is 0 Å². The molecule has 3 nitrogen and oxygen atoms in total. The first-order chi connectivity index (χ1) is 4.33. The Morgan fingerprint density at radius 2 is 2.56 bits per heavy atom. The fraction of sp³-hybridized carbons (Fsp3) is 1.00. The molecule has 0 saturated carbocycles. The van der Waals surface area contributed by atoms with Crippen LogP contribution < -0.4 is 0 Å². The highest BCUT2D eigenvalue weighted by molar-refractivity contribution is 4.83. The number of hydrogen-bond acceptors (Lipinski definition) is 3. The van der Waals surface area contributed by atoms with Crippen LogP contribution >= 0.6 is 0 Å². The molecule has 0 radical (unpaired) electrons. The molecule has 0 amide bonds. The van der Waals surface area contributed by atoms with Crippen LogP contribution in [0.2, 0.25) is 0 Å². The second-order valence-electron chi connectivity index (χ2n) is 2.35. The average Bonchev–Trinajstić information content (AvgIpc) is 2.36. The van der Waals surface area contributed by atoms with Gasteiger partial charge in [0.1, 0.15) is 5.60 Å². The number of aliphatic hydroxyl groups excluding tert-OH is 1. The van der Waals surface area contributed by atoms with Gasteiger partial charge < -0.3 is 14.6 Å². The average molecular weight is 132 g/mol. The lowest BCUT2D eigenvalue weighted by Crippen LogP contribution is -2.35. The minimum Gasteiger partial charge on any atom is -0.393 e. The number of hydrogen-bond donors (Lipinski definition) is 1. The molecule has 0 aliphatic carbocycles. The first-order valence-corrected chi connectivity index (χ1v) is 3.07. The molecule has 1 atom stereocenters. The van der Waals surface area contributed by atoms with Crippen molar-refractivity contribution >= 4 is 0 Å². The van der Waals surface area contributed by atoms with E-state index in [4.69, 9.17) is 14.6 Å². The van der Waals surface area contributed by atoms with Gasteiger partial charge in [-0.1, -0.05) is 0 Å². The maximum atomic E-state index is 8.81. The summed E-state index contributed by atoms with van der Waals surface area (Å²) in [4.78, 5) is 0. The molecule has 1 heterocycles. The first-order valence-electron chi connectivity index (χ1n) is 3.07. The zero-order valence-electron chi connectivity index (χ0n) is 5.59. The van der Waals surface area contributed by atoms with Crippen LogP contribution in [-0.4, -0.2) is 37.6 Å². The fourth-order valence-electron chi connectivity index (χ4n) is 0.939. The van der Waals surface area contributed by atoms with Gasteiger partial charge in [0.05, 0.1) is 13.2 Å². The van der Waals surface area contributed by atoms with E-state index in [0.717, 1.165) is 6.42 Å². The quantitative estimate of drug-likeness (QED) is 0.564. The van der Waals surface area contributed by atoms with E-state index in [2.05, 4.69) is 0 Å². The SMILES string of the molecule is COC1(CO)CCOC1. The van der Waals surface area contributed by atoms with Crippen LogP contribution in [0.25, 0.3) is 0 Å². The zero-order chi connectivity index (χ0) is 6.74. The molecule has 1 fully saturated rings. The number of ether oxygens (including phenoxy) is 2. The molecule has 54 valence electrons. The van der Waals surface area contributed by atoms with Gasteiger partial charge in [-0.3, -0.25) is 0 Å². The highest BCUT2D eigenvalue weighted by Crippen LogP contribution is 2.20. The lowest BCUT2D eigenvalue weighted by molar-refractivity contribution is -0.0543. The van der Waals surface area contributed by atoms with Gasteiger partial charge >= 0.3 is 0 Å². The van der Waals surface area contributed by atoms with E-state index in [1.807, 2.05) is 0 Å². The van der Waals surface area contributed by atoms with Crippen molar-refractivity contribution in [3.63, 3.8) is 0 Å². The summed E-state index contributed by atoms with van der Waals surface area (Å²) in [6, 6.07) is 0. The number of rotatable bonds is 2. The standard InChI is InChI=1S/C6H12O3/c1-8-6(4-7)2-3-9-5-6/h7H,2-5H2,1H3. The van der Waals surface area contributed by atoms with Crippen LogP contribution in [0.15, 0.2) is 0 Å². The van der Waals surface area contributed by atoms with E-state index in [1.165, 1.54) is 0 Å². The topological polar surface area (TPSA) is 38.7 Å². The van der Waals surface area contributed by atoms with Gasteiger partial charge in [-0.15, -0.1) is 0 Å². The van der Waals surface area contributed by atoms with Crippen LogP contribution in [-0.2, 0) is 9.47 Å². The van der Waals surface area contributed by atoms with Crippen molar-refractivity contribution in [3.05, 3.63) is 0 Å². The smallest absolute Gasteiger partial charge is 0.116 e. The molecule has 0 aromatic carbocycles. The normalized spacial score (nSPS) is 35.3. The van der Waals surface area contributed by atoms with Gasteiger partial charge in [0.2, 0.25) is 0 Å². The summed E-state index contributed by atoms with van der Waals surface area (Å²) in [6.45, 7) is 1.29. The summed E-state index contributed by atoms with van der Waals surface area (Å²) in [5.74, 6) is 0. The van der Waals surface area contributed by atoms with Crippen LogP contribution in [0, 0.1) is 0 Å². The largest absolute Gasteiger partial charge is 0.393 e. The van der Waals surface area contributed by atoms with E-state index < -0.39 is 0 Å². The van der Waals surface area contributed by atoms with Crippen LogP contribution in [0.5, 0.6) is 0 Å². The Morgan fingerprint density at radius 1 is 1.78 bits per heavy atom. The summed E-state index contributed by atoms with van der Waals surface area (Å²) in [5.41, 5.74) is -0.389. The van der Waals surface area contributed by atoms with Crippen molar-refractivity contribution in [2.75, 3.05) is 26.9 Å². The Morgan fingerprint density at radius 3 is 2.78 bits per heavy atom. The molecule has 1 aliphatic rings. The summed E-state index contributed by atoms with van der Waals surface area (Å²) >= 11 is 0. The number of methoxy groups -OCH3 is 1. The second kappa shape index (κ2) is 2.64. The monoisotopic (exact) mass is 132 g/mol. The minimum absolute atomic E-state index is 0.0590. The van der Waals surface area contributed by atoms with E-state index >= 15 is 0 Å². The number of aliphatic hydroxyl groups is 1. The fourth-order valence-corrected chi connectivity index (χ4v) is 0.939. The van der Waals surface area contributed by atoms with Gasteiger partial charge in [-0.05, 0) is 0 Å². The molecule has 3 heteroatoms. The molecule has 0 spiro atoms. The summed E-state index contributed by atoms with van der Waals surface area (Å²) < 4.78 is 10.1. The second-order valence-corrected chi connectivity index (χ2v) is 2.35. The van der Waals surface area contributed by atoms with Crippen molar-refractivity contribution in [2.45, 2.75) is 12.0 Å². The van der Waals surface area contributed by atoms with Gasteiger partial charge in [-0.25, -0.2) is 0 Å². The molecule has 1 rings (SSSR count). The third kappa shape index (κ3) is 1.23.